The van der Waals surface area contributed by atoms with Gasteiger partial charge in [-0.1, -0.05) is 13.3 Å². The largest absolute Gasteiger partial charge is 0.441 e. The van der Waals surface area contributed by atoms with E-state index in [-0.39, 0.29) is 11.8 Å². The molecule has 134 valence electrons. The number of hydrogen-bond acceptors (Lipinski definition) is 4. The summed E-state index contributed by atoms with van der Waals surface area (Å²) in [7, 11) is 0. The highest BCUT2D eigenvalue weighted by Crippen LogP contribution is 2.20. The number of nitrogens with zero attached hydrogens (tertiary/aromatic N) is 3. The molecule has 3 rings (SSSR count). The Labute approximate surface area is 147 Å². The standard InChI is InChI=1S/C19H25N3O3/c1-3-4-6-18-20-16-13-15(7-8-17(16)25-18)19(24)22-10-5-9-21(11-12-22)14(2)23/h7-8,13H,3-6,9-12H2,1-2H3. The van der Waals surface area contributed by atoms with E-state index in [4.69, 9.17) is 4.42 Å². The van der Waals surface area contributed by atoms with E-state index in [9.17, 15) is 9.59 Å². The quantitative estimate of drug-likeness (QED) is 0.856. The summed E-state index contributed by atoms with van der Waals surface area (Å²) < 4.78 is 5.73. The molecular formula is C19H25N3O3. The molecular weight excluding hydrogens is 318 g/mol. The molecule has 2 amide bonds. The van der Waals surface area contributed by atoms with Gasteiger partial charge in [-0.2, -0.15) is 0 Å². The lowest BCUT2D eigenvalue weighted by Crippen LogP contribution is -2.36. The third-order valence-electron chi connectivity index (χ3n) is 4.65. The van der Waals surface area contributed by atoms with Crippen molar-refractivity contribution in [3.63, 3.8) is 0 Å². The van der Waals surface area contributed by atoms with Gasteiger partial charge < -0.3 is 14.2 Å². The molecule has 0 spiro atoms. The maximum Gasteiger partial charge on any atom is 0.253 e. The van der Waals surface area contributed by atoms with Crippen molar-refractivity contribution < 1.29 is 14.0 Å². The maximum absolute atomic E-state index is 12.8. The van der Waals surface area contributed by atoms with Gasteiger partial charge in [0.05, 0.1) is 0 Å². The molecule has 0 radical (unpaired) electrons. The second kappa shape index (κ2) is 7.68. The molecule has 25 heavy (non-hydrogen) atoms. The number of unbranched alkanes of at least 4 members (excludes halogenated alkanes) is 1. The zero-order chi connectivity index (χ0) is 17.8. The highest BCUT2D eigenvalue weighted by Gasteiger charge is 2.22. The van der Waals surface area contributed by atoms with Crippen LogP contribution in [-0.2, 0) is 11.2 Å². The Balaban J connectivity index is 1.74. The molecule has 0 saturated carbocycles. The molecule has 1 aromatic heterocycles. The van der Waals surface area contributed by atoms with Crippen LogP contribution in [-0.4, -0.2) is 52.8 Å². The van der Waals surface area contributed by atoms with Crippen LogP contribution in [0.25, 0.3) is 11.1 Å². The summed E-state index contributed by atoms with van der Waals surface area (Å²) >= 11 is 0. The molecule has 1 aliphatic rings. The van der Waals surface area contributed by atoms with E-state index in [1.165, 1.54) is 0 Å². The molecule has 1 aliphatic heterocycles. The third kappa shape index (κ3) is 4.00. The Morgan fingerprint density at radius 2 is 1.92 bits per heavy atom. The smallest absolute Gasteiger partial charge is 0.253 e. The van der Waals surface area contributed by atoms with E-state index in [0.717, 1.165) is 42.7 Å². The summed E-state index contributed by atoms with van der Waals surface area (Å²) in [5.74, 6) is 0.789. The van der Waals surface area contributed by atoms with Crippen molar-refractivity contribution in [1.29, 1.82) is 0 Å². The van der Waals surface area contributed by atoms with E-state index in [1.807, 2.05) is 17.0 Å². The van der Waals surface area contributed by atoms with Gasteiger partial charge in [-0.25, -0.2) is 4.98 Å². The molecule has 0 N–H and O–H groups in total. The fourth-order valence-corrected chi connectivity index (χ4v) is 3.16. The van der Waals surface area contributed by atoms with Gasteiger partial charge in [0.25, 0.3) is 5.91 Å². The first-order valence-corrected chi connectivity index (χ1v) is 9.02. The van der Waals surface area contributed by atoms with Crippen LogP contribution in [0.3, 0.4) is 0 Å². The van der Waals surface area contributed by atoms with Gasteiger partial charge in [-0.15, -0.1) is 0 Å². The minimum absolute atomic E-state index is 0.00888. The second-order valence-electron chi connectivity index (χ2n) is 6.55. The van der Waals surface area contributed by atoms with Crippen LogP contribution in [0.4, 0.5) is 0 Å². The average Bonchev–Trinajstić information content (AvgIpc) is 2.84. The number of benzene rings is 1. The minimum atomic E-state index is -0.00888. The molecule has 2 aromatic rings. The summed E-state index contributed by atoms with van der Waals surface area (Å²) in [6, 6.07) is 5.43. The van der Waals surface area contributed by atoms with E-state index < -0.39 is 0 Å². The molecule has 0 unspecified atom stereocenters. The van der Waals surface area contributed by atoms with Gasteiger partial charge in [-0.3, -0.25) is 9.59 Å². The van der Waals surface area contributed by atoms with Crippen molar-refractivity contribution in [3.05, 3.63) is 29.7 Å². The lowest BCUT2D eigenvalue weighted by Gasteiger charge is -2.21. The summed E-state index contributed by atoms with van der Waals surface area (Å²) in [4.78, 5) is 32.5. The first-order valence-electron chi connectivity index (χ1n) is 9.02. The third-order valence-corrected chi connectivity index (χ3v) is 4.65. The molecule has 1 aromatic carbocycles. The summed E-state index contributed by atoms with van der Waals surface area (Å²) in [5, 5.41) is 0. The SMILES string of the molecule is CCCCc1nc2cc(C(=O)N3CCCN(C(C)=O)CC3)ccc2o1. The molecule has 0 atom stereocenters. The predicted molar refractivity (Wildman–Crippen MR) is 95.4 cm³/mol. The molecule has 0 bridgehead atoms. The molecule has 0 aliphatic carbocycles. The van der Waals surface area contributed by atoms with Crippen LogP contribution in [0.2, 0.25) is 0 Å². The van der Waals surface area contributed by atoms with E-state index >= 15 is 0 Å². The fraction of sp³-hybridized carbons (Fsp3) is 0.526. The van der Waals surface area contributed by atoms with Crippen LogP contribution in [0, 0.1) is 0 Å². The Kier molecular flexibility index (Phi) is 5.36. The van der Waals surface area contributed by atoms with Crippen molar-refractivity contribution in [3.8, 4) is 0 Å². The molecule has 2 heterocycles. The number of amides is 2. The Bertz CT molecular complexity index is 768. The highest BCUT2D eigenvalue weighted by molar-refractivity contribution is 5.97. The topological polar surface area (TPSA) is 66.7 Å². The van der Waals surface area contributed by atoms with Gasteiger partial charge in [0, 0.05) is 45.1 Å². The van der Waals surface area contributed by atoms with Gasteiger partial charge in [0.15, 0.2) is 11.5 Å². The summed E-state index contributed by atoms with van der Waals surface area (Å²) in [6.45, 7) is 6.24. The van der Waals surface area contributed by atoms with Gasteiger partial charge in [0.2, 0.25) is 5.91 Å². The van der Waals surface area contributed by atoms with Gasteiger partial charge in [0.1, 0.15) is 5.52 Å². The Morgan fingerprint density at radius 3 is 2.68 bits per heavy atom. The zero-order valence-electron chi connectivity index (χ0n) is 15.0. The second-order valence-corrected chi connectivity index (χ2v) is 6.55. The van der Waals surface area contributed by atoms with Crippen LogP contribution < -0.4 is 0 Å². The first kappa shape index (κ1) is 17.5. The predicted octanol–water partition coefficient (Wildman–Crippen LogP) is 2.86. The number of aromatic nitrogens is 1. The van der Waals surface area contributed by atoms with Crippen molar-refractivity contribution in [2.75, 3.05) is 26.2 Å². The molecule has 1 fully saturated rings. The fourth-order valence-electron chi connectivity index (χ4n) is 3.16. The van der Waals surface area contributed by atoms with E-state index in [1.54, 1.807) is 17.9 Å². The van der Waals surface area contributed by atoms with Crippen molar-refractivity contribution in [2.45, 2.75) is 39.5 Å². The molecule has 1 saturated heterocycles. The summed E-state index contributed by atoms with van der Waals surface area (Å²) in [5.41, 5.74) is 2.08. The first-order chi connectivity index (χ1) is 12.1. The Morgan fingerprint density at radius 1 is 1.16 bits per heavy atom. The number of aryl methyl sites for hydroxylation is 1. The van der Waals surface area contributed by atoms with E-state index in [2.05, 4.69) is 11.9 Å². The lowest BCUT2D eigenvalue weighted by atomic mass is 10.1. The normalized spacial score (nSPS) is 15.4. The van der Waals surface area contributed by atoms with Crippen LogP contribution in [0.1, 0.15) is 49.4 Å². The van der Waals surface area contributed by atoms with E-state index in [0.29, 0.717) is 31.7 Å². The average molecular weight is 343 g/mol. The van der Waals surface area contributed by atoms with Crippen LogP contribution in [0.15, 0.2) is 22.6 Å². The number of carbonyl (C=O) groups is 2. The lowest BCUT2D eigenvalue weighted by molar-refractivity contribution is -0.128. The van der Waals surface area contributed by atoms with Crippen molar-refractivity contribution in [2.24, 2.45) is 0 Å². The highest BCUT2D eigenvalue weighted by atomic mass is 16.3. The number of oxazole rings is 1. The van der Waals surface area contributed by atoms with Gasteiger partial charge in [-0.05, 0) is 31.0 Å². The maximum atomic E-state index is 12.8. The Hall–Kier alpha value is -2.37. The minimum Gasteiger partial charge on any atom is -0.441 e. The monoisotopic (exact) mass is 343 g/mol. The van der Waals surface area contributed by atoms with Crippen molar-refractivity contribution in [1.82, 2.24) is 14.8 Å². The van der Waals surface area contributed by atoms with Crippen molar-refractivity contribution >= 4 is 22.9 Å². The number of carbonyl (C=O) groups excluding carboxylic acids is 2. The van der Waals surface area contributed by atoms with Gasteiger partial charge >= 0.3 is 0 Å². The number of hydrogen-bond donors (Lipinski definition) is 0. The number of fused-ring (bicyclic) bond motifs is 1. The van der Waals surface area contributed by atoms with Crippen LogP contribution >= 0.6 is 0 Å². The summed E-state index contributed by atoms with van der Waals surface area (Å²) in [6.07, 6.45) is 3.76. The molecule has 6 nitrogen and oxygen atoms in total. The number of rotatable bonds is 4. The molecule has 6 heteroatoms. The zero-order valence-corrected chi connectivity index (χ0v) is 15.0. The van der Waals surface area contributed by atoms with Crippen LogP contribution in [0.5, 0.6) is 0 Å².